The molecule has 4 aromatic carbocycles. The van der Waals surface area contributed by atoms with Gasteiger partial charge in [-0.05, 0) is 84.0 Å². The van der Waals surface area contributed by atoms with E-state index in [1.807, 2.05) is 56.3 Å². The molecule has 7 heteroatoms. The van der Waals surface area contributed by atoms with Gasteiger partial charge in [-0.1, -0.05) is 54.6 Å². The maximum absolute atomic E-state index is 11.1. The van der Waals surface area contributed by atoms with E-state index < -0.39 is 17.6 Å². The fourth-order valence-corrected chi connectivity index (χ4v) is 4.35. The minimum absolute atomic E-state index is 0. The molecule has 0 aromatic heterocycles. The number of aliphatic hydroxyl groups excluding tert-OH is 1. The fourth-order valence-electron chi connectivity index (χ4n) is 4.35. The number of nitriles is 1. The van der Waals surface area contributed by atoms with E-state index in [4.69, 9.17) is 15.6 Å². The zero-order chi connectivity index (χ0) is 26.6. The van der Waals surface area contributed by atoms with Gasteiger partial charge in [0.25, 0.3) is 0 Å². The Morgan fingerprint density at radius 3 is 2.37 bits per heavy atom. The molecule has 4 rings (SSSR count). The number of carboxylic acids is 1. The zero-order valence-corrected chi connectivity index (χ0v) is 22.2. The molecule has 1 atom stereocenters. The summed E-state index contributed by atoms with van der Waals surface area (Å²) in [5, 5.41) is 31.6. The molecular formula is C31H31ClN2O4. The van der Waals surface area contributed by atoms with Crippen LogP contribution in [0.2, 0.25) is 0 Å². The number of hydrogen-bond donors (Lipinski definition) is 3. The highest BCUT2D eigenvalue weighted by molar-refractivity contribution is 5.88. The first-order chi connectivity index (χ1) is 17.7. The molecule has 0 unspecified atom stereocenters. The molecule has 4 aromatic rings. The van der Waals surface area contributed by atoms with Crippen LogP contribution in [0.15, 0.2) is 78.9 Å². The van der Waals surface area contributed by atoms with Crippen LogP contribution in [-0.4, -0.2) is 28.3 Å². The predicted octanol–water partition coefficient (Wildman–Crippen LogP) is 6.28. The number of carbonyl (C=O) groups is 1. The Morgan fingerprint density at radius 2 is 1.71 bits per heavy atom. The van der Waals surface area contributed by atoms with Crippen molar-refractivity contribution in [3.8, 4) is 22.9 Å². The summed E-state index contributed by atoms with van der Waals surface area (Å²) in [4.78, 5) is 11.1. The number of aliphatic hydroxyl groups is 1. The van der Waals surface area contributed by atoms with Gasteiger partial charge in [0.2, 0.25) is 0 Å². The number of aryl methyl sites for hydroxylation is 1. The third-order valence-electron chi connectivity index (χ3n) is 6.39. The number of nitrogens with zero attached hydrogens (tertiary/aromatic N) is 1. The number of benzene rings is 4. The molecule has 0 bridgehead atoms. The monoisotopic (exact) mass is 530 g/mol. The van der Waals surface area contributed by atoms with E-state index in [1.165, 1.54) is 0 Å². The summed E-state index contributed by atoms with van der Waals surface area (Å²) < 4.78 is 6.01. The molecule has 196 valence electrons. The van der Waals surface area contributed by atoms with E-state index in [0.717, 1.165) is 39.4 Å². The van der Waals surface area contributed by atoms with Crippen LogP contribution in [-0.2, 0) is 6.42 Å². The molecule has 0 saturated heterocycles. The lowest BCUT2D eigenvalue weighted by atomic mass is 9.87. The summed E-state index contributed by atoms with van der Waals surface area (Å²) >= 11 is 0. The number of nitrogens with two attached hydrogens (primary N) is 1. The Morgan fingerprint density at radius 1 is 1.03 bits per heavy atom. The molecule has 0 aliphatic heterocycles. The normalized spacial score (nSPS) is 11.9. The number of halogens is 1. The first-order valence-electron chi connectivity index (χ1n) is 12.2. The maximum Gasteiger partial charge on any atom is 0.335 e. The quantitative estimate of drug-likeness (QED) is 0.219. The van der Waals surface area contributed by atoms with Crippen molar-refractivity contribution < 1.29 is 19.7 Å². The minimum Gasteiger partial charge on any atom is -0.492 e. The Bertz CT molecular complexity index is 1470. The largest absolute Gasteiger partial charge is 0.492 e. The van der Waals surface area contributed by atoms with E-state index in [2.05, 4.69) is 12.1 Å². The van der Waals surface area contributed by atoms with Crippen molar-refractivity contribution in [2.24, 2.45) is 5.73 Å². The predicted molar refractivity (Wildman–Crippen MR) is 152 cm³/mol. The lowest BCUT2D eigenvalue weighted by Crippen LogP contribution is -2.39. The number of rotatable bonds is 9. The number of aromatic carboxylic acids is 1. The average molecular weight is 531 g/mol. The second-order valence-corrected chi connectivity index (χ2v) is 9.79. The van der Waals surface area contributed by atoms with Crippen molar-refractivity contribution in [2.75, 3.05) is 6.61 Å². The first kappa shape index (κ1) is 28.7. The molecule has 0 heterocycles. The van der Waals surface area contributed by atoms with Crippen LogP contribution in [0.25, 0.3) is 21.9 Å². The van der Waals surface area contributed by atoms with Gasteiger partial charge in [0.15, 0.2) is 0 Å². The van der Waals surface area contributed by atoms with Crippen LogP contribution < -0.4 is 10.5 Å². The third kappa shape index (κ3) is 6.51. The second kappa shape index (κ2) is 12.1. The van der Waals surface area contributed by atoms with Gasteiger partial charge in [-0.2, -0.15) is 5.26 Å². The second-order valence-electron chi connectivity index (χ2n) is 9.79. The summed E-state index contributed by atoms with van der Waals surface area (Å²) in [5.41, 5.74) is 9.66. The first-order valence-corrected chi connectivity index (χ1v) is 12.2. The molecule has 0 spiro atoms. The molecular weight excluding hydrogens is 500 g/mol. The van der Waals surface area contributed by atoms with E-state index >= 15 is 0 Å². The van der Waals surface area contributed by atoms with Crippen molar-refractivity contribution in [1.82, 2.24) is 0 Å². The van der Waals surface area contributed by atoms with Crippen molar-refractivity contribution in [3.05, 3.63) is 101 Å². The van der Waals surface area contributed by atoms with Gasteiger partial charge in [0.1, 0.15) is 11.8 Å². The average Bonchev–Trinajstić information content (AvgIpc) is 2.89. The Balaban J connectivity index is 0.00000400. The van der Waals surface area contributed by atoms with Crippen molar-refractivity contribution in [1.29, 1.82) is 5.26 Å². The highest BCUT2D eigenvalue weighted by atomic mass is 35.5. The van der Waals surface area contributed by atoms with E-state index in [-0.39, 0.29) is 18.0 Å². The van der Waals surface area contributed by atoms with E-state index in [1.54, 1.807) is 30.3 Å². The van der Waals surface area contributed by atoms with Crippen molar-refractivity contribution in [2.45, 2.75) is 38.3 Å². The Labute approximate surface area is 228 Å². The third-order valence-corrected chi connectivity index (χ3v) is 6.39. The highest BCUT2D eigenvalue weighted by Crippen LogP contribution is 2.32. The number of ether oxygens (including phenoxy) is 1. The van der Waals surface area contributed by atoms with Crippen LogP contribution in [0.4, 0.5) is 0 Å². The van der Waals surface area contributed by atoms with Gasteiger partial charge in [0, 0.05) is 5.54 Å². The molecule has 6 nitrogen and oxygen atoms in total. The lowest BCUT2D eigenvalue weighted by molar-refractivity contribution is 0.0697. The Kier molecular flexibility index (Phi) is 9.13. The van der Waals surface area contributed by atoms with Crippen molar-refractivity contribution >= 4 is 29.1 Å². The van der Waals surface area contributed by atoms with Crippen molar-refractivity contribution in [3.63, 3.8) is 0 Å². The molecule has 0 aliphatic rings. The van der Waals surface area contributed by atoms with Gasteiger partial charge in [0.05, 0.1) is 23.8 Å². The highest BCUT2D eigenvalue weighted by Gasteiger charge is 2.26. The molecule has 4 N–H and O–H groups in total. The summed E-state index contributed by atoms with van der Waals surface area (Å²) in [6, 6.07) is 26.2. The molecule has 0 amide bonds. The van der Waals surface area contributed by atoms with Crippen LogP contribution in [0.1, 0.15) is 53.4 Å². The van der Waals surface area contributed by atoms with Gasteiger partial charge < -0.3 is 20.7 Å². The number of carboxylic acid groups (broad SMARTS) is 1. The van der Waals surface area contributed by atoms with Gasteiger partial charge >= 0.3 is 5.97 Å². The summed E-state index contributed by atoms with van der Waals surface area (Å²) in [6.45, 7) is 4.03. The topological polar surface area (TPSA) is 117 Å². The standard InChI is InChI=1S/C31H30N2O4.ClH/c1-31(2,33)29(34)27-17-20(16-24-7-3-4-8-26(24)27)6-5-15-37-28-18-23(13-14-25(28)19-32)21-9-11-22(12-10-21)30(35)36;/h3-4,7-14,16-18,29,34H,5-6,15,33H2,1-2H3,(H,35,36);1H/t29-;/m1./s1. The molecule has 0 saturated carbocycles. The minimum atomic E-state index is -0.977. The maximum atomic E-state index is 11.1. The Hall–Kier alpha value is -3.89. The van der Waals surface area contributed by atoms with Gasteiger partial charge in [-0.3, -0.25) is 0 Å². The lowest BCUT2D eigenvalue weighted by Gasteiger charge is -2.27. The number of hydrogen-bond acceptors (Lipinski definition) is 5. The van der Waals surface area contributed by atoms with Gasteiger partial charge in [-0.25, -0.2) is 4.79 Å². The molecule has 38 heavy (non-hydrogen) atoms. The van der Waals surface area contributed by atoms with Crippen LogP contribution in [0.3, 0.4) is 0 Å². The SMILES string of the molecule is CC(C)(N)[C@H](O)c1cc(CCCOc2cc(-c3ccc(C(=O)O)cc3)ccc2C#N)cc2ccccc12.Cl. The van der Waals surface area contributed by atoms with Crippen LogP contribution in [0.5, 0.6) is 5.75 Å². The summed E-state index contributed by atoms with van der Waals surface area (Å²) in [6.07, 6.45) is 0.634. The smallest absolute Gasteiger partial charge is 0.335 e. The van der Waals surface area contributed by atoms with Crippen LogP contribution in [0, 0.1) is 11.3 Å². The van der Waals surface area contributed by atoms with Gasteiger partial charge in [-0.15, -0.1) is 12.4 Å². The fraction of sp³-hybridized carbons (Fsp3) is 0.226. The zero-order valence-electron chi connectivity index (χ0n) is 21.3. The molecule has 0 fully saturated rings. The van der Waals surface area contributed by atoms with E-state index in [0.29, 0.717) is 24.3 Å². The molecule has 0 radical (unpaired) electrons. The molecule has 0 aliphatic carbocycles. The number of fused-ring (bicyclic) bond motifs is 1. The summed E-state index contributed by atoms with van der Waals surface area (Å²) in [5.74, 6) is -0.489. The van der Waals surface area contributed by atoms with E-state index in [9.17, 15) is 15.2 Å². The summed E-state index contributed by atoms with van der Waals surface area (Å²) in [7, 11) is 0. The van der Waals surface area contributed by atoms with Crippen LogP contribution >= 0.6 is 12.4 Å².